The first-order valence-corrected chi connectivity index (χ1v) is 9.01. The van der Waals surface area contributed by atoms with E-state index in [0.29, 0.717) is 12.5 Å². The fourth-order valence-electron chi connectivity index (χ4n) is 3.72. The van der Waals surface area contributed by atoms with E-state index >= 15 is 0 Å². The molecule has 1 aromatic carbocycles. The van der Waals surface area contributed by atoms with Crippen molar-refractivity contribution in [3.8, 4) is 0 Å². The van der Waals surface area contributed by atoms with E-state index in [1.807, 2.05) is 59.8 Å². The molecule has 0 saturated carbocycles. The molecule has 5 heteroatoms. The molecule has 25 heavy (non-hydrogen) atoms. The molecule has 1 N–H and O–H groups in total. The minimum Gasteiger partial charge on any atom is -0.394 e. The van der Waals surface area contributed by atoms with Crippen molar-refractivity contribution < 1.29 is 9.90 Å². The molecular weight excluding hydrogens is 314 g/mol. The maximum atomic E-state index is 13.1. The van der Waals surface area contributed by atoms with Gasteiger partial charge in [0.2, 0.25) is 5.91 Å². The topological polar surface area (TPSA) is 58.4 Å². The van der Waals surface area contributed by atoms with Gasteiger partial charge in [0.1, 0.15) is 0 Å². The molecule has 5 nitrogen and oxygen atoms in total. The number of nitrogens with zero attached hydrogens (tertiary/aromatic N) is 3. The Bertz CT molecular complexity index is 701. The molecule has 1 aliphatic rings. The quantitative estimate of drug-likeness (QED) is 0.909. The summed E-state index contributed by atoms with van der Waals surface area (Å²) in [5, 5.41) is 13.5. The summed E-state index contributed by atoms with van der Waals surface area (Å²) in [5.74, 6) is 0.596. The van der Waals surface area contributed by atoms with Crippen molar-refractivity contribution in [2.45, 2.75) is 44.6 Å². The summed E-state index contributed by atoms with van der Waals surface area (Å²) in [6.07, 6.45) is 3.67. The Morgan fingerprint density at radius 3 is 2.52 bits per heavy atom. The smallest absolute Gasteiger partial charge is 0.232 e. The van der Waals surface area contributed by atoms with Crippen LogP contribution in [0.5, 0.6) is 0 Å². The van der Waals surface area contributed by atoms with Crippen LogP contribution in [0.2, 0.25) is 0 Å². The van der Waals surface area contributed by atoms with Crippen LogP contribution in [0.3, 0.4) is 0 Å². The van der Waals surface area contributed by atoms with E-state index in [9.17, 15) is 4.79 Å². The van der Waals surface area contributed by atoms with Gasteiger partial charge in [-0.2, -0.15) is 5.10 Å². The Balaban J connectivity index is 1.66. The number of aliphatic hydroxyl groups is 1. The van der Waals surface area contributed by atoms with Gasteiger partial charge in [-0.1, -0.05) is 30.3 Å². The van der Waals surface area contributed by atoms with Crippen LogP contribution in [0.4, 0.5) is 0 Å². The zero-order valence-corrected chi connectivity index (χ0v) is 15.1. The fraction of sp³-hybridized carbons (Fsp3) is 0.500. The van der Waals surface area contributed by atoms with Crippen molar-refractivity contribution in [2.75, 3.05) is 19.7 Å². The van der Waals surface area contributed by atoms with Crippen LogP contribution in [-0.2, 0) is 16.8 Å². The van der Waals surface area contributed by atoms with E-state index in [1.165, 1.54) is 5.69 Å². The first-order chi connectivity index (χ1) is 12.0. The predicted octanol–water partition coefficient (Wildman–Crippen LogP) is 2.56. The molecule has 1 fully saturated rings. The third-order valence-electron chi connectivity index (χ3n) is 5.29. The number of aliphatic hydroxyl groups excluding tert-OH is 1. The summed E-state index contributed by atoms with van der Waals surface area (Å²) in [4.78, 5) is 15.1. The van der Waals surface area contributed by atoms with E-state index < -0.39 is 5.41 Å². The first kappa shape index (κ1) is 17.7. The highest BCUT2D eigenvalue weighted by molar-refractivity contribution is 5.87. The fourth-order valence-corrected chi connectivity index (χ4v) is 3.72. The zero-order valence-electron chi connectivity index (χ0n) is 15.1. The van der Waals surface area contributed by atoms with Crippen molar-refractivity contribution in [3.05, 3.63) is 53.9 Å². The Kier molecular flexibility index (Phi) is 5.23. The molecule has 1 saturated heterocycles. The minimum atomic E-state index is -0.507. The lowest BCUT2D eigenvalue weighted by Crippen LogP contribution is -2.46. The standard InChI is InChI=1S/C20H27N3O2/c1-20(2,17-6-4-3-5-7-17)19(25)22-12-9-16(10-13-22)18-8-11-21-23(18)14-15-24/h3-8,11,16,24H,9-10,12-15H2,1-2H3. The van der Waals surface area contributed by atoms with Crippen LogP contribution in [-0.4, -0.2) is 45.4 Å². The second-order valence-electron chi connectivity index (χ2n) is 7.26. The van der Waals surface area contributed by atoms with Crippen LogP contribution >= 0.6 is 0 Å². The Morgan fingerprint density at radius 2 is 1.88 bits per heavy atom. The van der Waals surface area contributed by atoms with Gasteiger partial charge in [0.05, 0.1) is 18.6 Å². The number of rotatable bonds is 5. The van der Waals surface area contributed by atoms with Crippen molar-refractivity contribution >= 4 is 5.91 Å². The van der Waals surface area contributed by atoms with Gasteiger partial charge < -0.3 is 10.0 Å². The van der Waals surface area contributed by atoms with Crippen molar-refractivity contribution in [1.82, 2.24) is 14.7 Å². The van der Waals surface area contributed by atoms with Gasteiger partial charge in [0.15, 0.2) is 0 Å². The van der Waals surface area contributed by atoms with Crippen LogP contribution in [0.1, 0.15) is 43.9 Å². The van der Waals surface area contributed by atoms with Gasteiger partial charge in [-0.3, -0.25) is 9.48 Å². The summed E-state index contributed by atoms with van der Waals surface area (Å²) in [6.45, 7) is 6.17. The number of benzene rings is 1. The Hall–Kier alpha value is -2.14. The third-order valence-corrected chi connectivity index (χ3v) is 5.29. The molecule has 3 rings (SSSR count). The third kappa shape index (κ3) is 3.61. The van der Waals surface area contributed by atoms with Gasteiger partial charge in [-0.15, -0.1) is 0 Å². The lowest BCUT2D eigenvalue weighted by atomic mass is 9.82. The Morgan fingerprint density at radius 1 is 1.20 bits per heavy atom. The van der Waals surface area contributed by atoms with Gasteiger partial charge in [-0.05, 0) is 38.3 Å². The lowest BCUT2D eigenvalue weighted by Gasteiger charge is -2.37. The van der Waals surface area contributed by atoms with E-state index in [0.717, 1.165) is 31.5 Å². The average Bonchev–Trinajstić information content (AvgIpc) is 3.10. The summed E-state index contributed by atoms with van der Waals surface area (Å²) in [5.41, 5.74) is 1.72. The molecule has 0 spiro atoms. The summed E-state index contributed by atoms with van der Waals surface area (Å²) >= 11 is 0. The molecule has 0 aliphatic carbocycles. The first-order valence-electron chi connectivity index (χ1n) is 9.01. The number of hydrogen-bond acceptors (Lipinski definition) is 3. The monoisotopic (exact) mass is 341 g/mol. The Labute approximate surface area is 149 Å². The molecule has 2 aromatic rings. The highest BCUT2D eigenvalue weighted by atomic mass is 16.3. The van der Waals surface area contributed by atoms with E-state index in [2.05, 4.69) is 5.10 Å². The highest BCUT2D eigenvalue weighted by Crippen LogP contribution is 2.31. The van der Waals surface area contributed by atoms with Crippen molar-refractivity contribution in [1.29, 1.82) is 0 Å². The van der Waals surface area contributed by atoms with Crippen LogP contribution in [0.25, 0.3) is 0 Å². The summed E-state index contributed by atoms with van der Waals surface area (Å²) in [6, 6.07) is 12.0. The van der Waals surface area contributed by atoms with Gasteiger partial charge in [-0.25, -0.2) is 0 Å². The van der Waals surface area contributed by atoms with Gasteiger partial charge in [0.25, 0.3) is 0 Å². The SMILES string of the molecule is CC(C)(C(=O)N1CCC(c2ccnn2CCO)CC1)c1ccccc1. The lowest BCUT2D eigenvalue weighted by molar-refractivity contribution is -0.137. The predicted molar refractivity (Wildman–Crippen MR) is 97.3 cm³/mol. The average molecular weight is 341 g/mol. The van der Waals surface area contributed by atoms with Crippen molar-refractivity contribution in [3.63, 3.8) is 0 Å². The second-order valence-corrected chi connectivity index (χ2v) is 7.26. The second kappa shape index (κ2) is 7.40. The largest absolute Gasteiger partial charge is 0.394 e. The van der Waals surface area contributed by atoms with Crippen LogP contribution < -0.4 is 0 Å². The highest BCUT2D eigenvalue weighted by Gasteiger charge is 2.35. The maximum Gasteiger partial charge on any atom is 0.232 e. The van der Waals surface area contributed by atoms with Crippen LogP contribution in [0.15, 0.2) is 42.6 Å². The number of amides is 1. The number of carbonyl (C=O) groups is 1. The number of carbonyl (C=O) groups excluding carboxylic acids is 1. The van der Waals surface area contributed by atoms with Gasteiger partial charge >= 0.3 is 0 Å². The molecule has 2 heterocycles. The number of likely N-dealkylation sites (tertiary alicyclic amines) is 1. The number of piperidine rings is 1. The van der Waals surface area contributed by atoms with E-state index in [4.69, 9.17) is 5.11 Å². The van der Waals surface area contributed by atoms with Crippen LogP contribution in [0, 0.1) is 0 Å². The zero-order chi connectivity index (χ0) is 17.9. The molecule has 134 valence electrons. The summed E-state index contributed by atoms with van der Waals surface area (Å²) < 4.78 is 1.88. The number of aromatic nitrogens is 2. The van der Waals surface area contributed by atoms with Gasteiger partial charge in [0, 0.05) is 30.9 Å². The molecule has 1 aromatic heterocycles. The summed E-state index contributed by atoms with van der Waals surface area (Å²) in [7, 11) is 0. The molecule has 1 aliphatic heterocycles. The molecule has 0 radical (unpaired) electrons. The minimum absolute atomic E-state index is 0.0945. The molecule has 0 bridgehead atoms. The molecular formula is C20H27N3O2. The van der Waals surface area contributed by atoms with E-state index in [1.54, 1.807) is 6.20 Å². The normalized spacial score (nSPS) is 16.2. The molecule has 1 amide bonds. The number of hydrogen-bond donors (Lipinski definition) is 1. The molecule has 0 unspecified atom stereocenters. The van der Waals surface area contributed by atoms with E-state index in [-0.39, 0.29) is 12.5 Å². The molecule has 0 atom stereocenters. The van der Waals surface area contributed by atoms with Crippen molar-refractivity contribution in [2.24, 2.45) is 0 Å². The maximum absolute atomic E-state index is 13.1.